The molecule has 370 valence electrons. The lowest BCUT2D eigenvalue weighted by Gasteiger charge is -2.18. The Balaban J connectivity index is 3.91. The molecule has 0 radical (unpaired) electrons. The Bertz CT molecular complexity index is 1310. The van der Waals surface area contributed by atoms with Crippen LogP contribution in [0.4, 0.5) is 0 Å². The molecule has 0 heterocycles. The first-order valence-electron chi connectivity index (χ1n) is 26.7. The monoisotopic (exact) mass is 903 g/mol. The minimum Gasteiger partial charge on any atom is -0.462 e. The van der Waals surface area contributed by atoms with Gasteiger partial charge in [0.05, 0.1) is 0 Å². The van der Waals surface area contributed by atoms with Gasteiger partial charge in [0.2, 0.25) is 0 Å². The summed E-state index contributed by atoms with van der Waals surface area (Å²) < 4.78 is 16.6. The number of carbonyl (C=O) groups excluding carboxylic acids is 3. The molecule has 6 nitrogen and oxygen atoms in total. The third-order valence-corrected chi connectivity index (χ3v) is 11.1. The zero-order valence-corrected chi connectivity index (χ0v) is 42.2. The van der Waals surface area contributed by atoms with Crippen LogP contribution < -0.4 is 0 Å². The molecule has 65 heavy (non-hydrogen) atoms. The highest BCUT2D eigenvalue weighted by Gasteiger charge is 2.19. The van der Waals surface area contributed by atoms with Crippen LogP contribution in [0.5, 0.6) is 0 Å². The van der Waals surface area contributed by atoms with E-state index in [0.29, 0.717) is 19.3 Å². The molecule has 0 rings (SSSR count). The molecule has 6 heteroatoms. The van der Waals surface area contributed by atoms with Gasteiger partial charge in [0.1, 0.15) is 13.2 Å². The van der Waals surface area contributed by atoms with E-state index in [1.54, 1.807) is 0 Å². The zero-order valence-electron chi connectivity index (χ0n) is 42.2. The normalized spacial score (nSPS) is 12.8. The van der Waals surface area contributed by atoms with E-state index in [2.05, 4.69) is 118 Å². The molecule has 0 aliphatic carbocycles. The van der Waals surface area contributed by atoms with Gasteiger partial charge in [-0.05, 0) is 83.5 Å². The van der Waals surface area contributed by atoms with Gasteiger partial charge in [0, 0.05) is 19.3 Å². The Labute approximate surface area is 400 Å². The molecular weight excluding hydrogens is 805 g/mol. The van der Waals surface area contributed by atoms with Gasteiger partial charge in [0.15, 0.2) is 6.10 Å². The topological polar surface area (TPSA) is 78.9 Å². The number of hydrogen-bond acceptors (Lipinski definition) is 6. The maximum absolute atomic E-state index is 12.5. The van der Waals surface area contributed by atoms with Crippen LogP contribution in [0, 0.1) is 0 Å². The molecule has 0 aliphatic heterocycles. The highest BCUT2D eigenvalue weighted by molar-refractivity contribution is 5.71. The molecule has 1 unspecified atom stereocenters. The maximum Gasteiger partial charge on any atom is 0.306 e. The highest BCUT2D eigenvalue weighted by Crippen LogP contribution is 2.14. The van der Waals surface area contributed by atoms with Crippen LogP contribution in [-0.4, -0.2) is 37.2 Å². The highest BCUT2D eigenvalue weighted by atomic mass is 16.6. The molecule has 1 atom stereocenters. The van der Waals surface area contributed by atoms with Crippen molar-refractivity contribution in [3.63, 3.8) is 0 Å². The van der Waals surface area contributed by atoms with Crippen LogP contribution in [0.3, 0.4) is 0 Å². The molecule has 0 bridgehead atoms. The minimum absolute atomic E-state index is 0.0770. The van der Waals surface area contributed by atoms with Crippen molar-refractivity contribution in [2.24, 2.45) is 0 Å². The summed E-state index contributed by atoms with van der Waals surface area (Å²) in [5.41, 5.74) is 0. The van der Waals surface area contributed by atoms with Crippen molar-refractivity contribution in [2.45, 2.75) is 245 Å². The first-order chi connectivity index (χ1) is 32.0. The second-order valence-electron chi connectivity index (χ2n) is 17.4. The van der Waals surface area contributed by atoms with Crippen molar-refractivity contribution in [3.05, 3.63) is 97.2 Å². The largest absolute Gasteiger partial charge is 0.462 e. The second-order valence-corrected chi connectivity index (χ2v) is 17.4. The van der Waals surface area contributed by atoms with Gasteiger partial charge in [-0.15, -0.1) is 0 Å². The van der Waals surface area contributed by atoms with Gasteiger partial charge in [-0.2, -0.15) is 0 Å². The van der Waals surface area contributed by atoms with Crippen LogP contribution in [0.15, 0.2) is 97.2 Å². The van der Waals surface area contributed by atoms with E-state index in [4.69, 9.17) is 14.2 Å². The number of allylic oxidation sites excluding steroid dienone is 16. The Hall–Kier alpha value is -3.67. The summed E-state index contributed by atoms with van der Waals surface area (Å²) in [6.07, 6.45) is 70.4. The van der Waals surface area contributed by atoms with E-state index in [9.17, 15) is 14.4 Å². The zero-order chi connectivity index (χ0) is 47.2. The molecule has 0 aliphatic rings. The summed E-state index contributed by atoms with van der Waals surface area (Å²) in [7, 11) is 0. The predicted octanol–water partition coefficient (Wildman–Crippen LogP) is 17.8. The summed E-state index contributed by atoms with van der Waals surface area (Å²) in [6.45, 7) is 6.38. The van der Waals surface area contributed by atoms with E-state index in [-0.39, 0.29) is 31.1 Å². The SMILES string of the molecule is CC/C=C\C/C=C\C/C=C\C/C=C\C/C=C\C/C=C\C/C=C\C/C=C\CCCCCCCCCCCCC(=O)OCC(COC(=O)CCCCCCCC)OC(=O)CCCCCCCC. The Morgan fingerprint density at radius 2 is 0.600 bits per heavy atom. The van der Waals surface area contributed by atoms with Gasteiger partial charge in [0.25, 0.3) is 0 Å². The van der Waals surface area contributed by atoms with Crippen molar-refractivity contribution < 1.29 is 28.6 Å². The summed E-state index contributed by atoms with van der Waals surface area (Å²) in [5.74, 6) is -0.905. The lowest BCUT2D eigenvalue weighted by Crippen LogP contribution is -2.30. The predicted molar refractivity (Wildman–Crippen MR) is 279 cm³/mol. The third-order valence-electron chi connectivity index (χ3n) is 11.1. The van der Waals surface area contributed by atoms with Crippen LogP contribution >= 0.6 is 0 Å². The smallest absolute Gasteiger partial charge is 0.306 e. The second kappa shape index (κ2) is 52.9. The van der Waals surface area contributed by atoms with Crippen LogP contribution in [0.2, 0.25) is 0 Å². The van der Waals surface area contributed by atoms with Gasteiger partial charge >= 0.3 is 17.9 Å². The Morgan fingerprint density at radius 1 is 0.323 bits per heavy atom. The summed E-state index contributed by atoms with van der Waals surface area (Å²) in [4.78, 5) is 37.4. The number of ether oxygens (including phenoxy) is 3. The molecule has 0 amide bonds. The number of carbonyl (C=O) groups is 3. The fourth-order valence-corrected chi connectivity index (χ4v) is 7.10. The lowest BCUT2D eigenvalue weighted by molar-refractivity contribution is -0.167. The van der Waals surface area contributed by atoms with E-state index >= 15 is 0 Å². The van der Waals surface area contributed by atoms with Crippen molar-refractivity contribution in [1.82, 2.24) is 0 Å². The standard InChI is InChI=1S/C59H98O6/c1-4-7-10-13-16-17-18-19-20-21-22-23-24-25-26-27-28-29-30-31-32-33-34-35-36-37-38-39-40-41-42-43-44-47-49-52-58(61)64-55-56(65-59(62)53-50-46-15-12-9-6-3)54-63-57(60)51-48-45-14-11-8-5-2/h7,10,16-17,19-20,22-23,25-26,28-29,31-32,34-35,56H,4-6,8-9,11-15,18,21,24,27,30,33,36-55H2,1-3H3/b10-7-,17-16-,20-19-,23-22-,26-25-,29-28-,32-31-,35-34-. The quantitative estimate of drug-likeness (QED) is 0.0262. The van der Waals surface area contributed by atoms with Gasteiger partial charge in [-0.3, -0.25) is 14.4 Å². The van der Waals surface area contributed by atoms with E-state index in [0.717, 1.165) is 109 Å². The van der Waals surface area contributed by atoms with Gasteiger partial charge in [-0.25, -0.2) is 0 Å². The van der Waals surface area contributed by atoms with Crippen LogP contribution in [-0.2, 0) is 28.6 Å². The molecule has 0 saturated heterocycles. The number of esters is 3. The molecule has 0 aromatic heterocycles. The summed E-state index contributed by atoms with van der Waals surface area (Å²) >= 11 is 0. The summed E-state index contributed by atoms with van der Waals surface area (Å²) in [6, 6.07) is 0. The maximum atomic E-state index is 12.5. The third kappa shape index (κ3) is 51.2. The first-order valence-corrected chi connectivity index (χ1v) is 26.7. The van der Waals surface area contributed by atoms with Gasteiger partial charge in [-0.1, -0.05) is 234 Å². The number of rotatable bonds is 47. The van der Waals surface area contributed by atoms with Crippen LogP contribution in [0.1, 0.15) is 239 Å². The van der Waals surface area contributed by atoms with E-state index in [1.807, 2.05) is 0 Å². The molecule has 0 aromatic rings. The number of hydrogen-bond donors (Lipinski definition) is 0. The molecule has 0 saturated carbocycles. The van der Waals surface area contributed by atoms with Crippen LogP contribution in [0.25, 0.3) is 0 Å². The molecule has 0 fully saturated rings. The number of unbranched alkanes of at least 4 members (excludes halogenated alkanes) is 20. The average molecular weight is 903 g/mol. The lowest BCUT2D eigenvalue weighted by atomic mass is 10.1. The van der Waals surface area contributed by atoms with Crippen molar-refractivity contribution in [1.29, 1.82) is 0 Å². The molecule has 0 spiro atoms. The molecule has 0 N–H and O–H groups in total. The summed E-state index contributed by atoms with van der Waals surface area (Å²) in [5, 5.41) is 0. The Kier molecular flexibility index (Phi) is 50.0. The Morgan fingerprint density at radius 3 is 0.938 bits per heavy atom. The van der Waals surface area contributed by atoms with Crippen molar-refractivity contribution >= 4 is 17.9 Å². The minimum atomic E-state index is -0.769. The van der Waals surface area contributed by atoms with Crippen molar-refractivity contribution in [2.75, 3.05) is 13.2 Å². The fraction of sp³-hybridized carbons (Fsp3) is 0.678. The van der Waals surface area contributed by atoms with E-state index < -0.39 is 6.10 Å². The average Bonchev–Trinajstić information content (AvgIpc) is 3.30. The molecule has 0 aromatic carbocycles. The van der Waals surface area contributed by atoms with Crippen molar-refractivity contribution in [3.8, 4) is 0 Å². The van der Waals surface area contributed by atoms with E-state index in [1.165, 1.54) is 89.9 Å². The van der Waals surface area contributed by atoms with Gasteiger partial charge < -0.3 is 14.2 Å². The first kappa shape index (κ1) is 61.3. The fourth-order valence-electron chi connectivity index (χ4n) is 7.10. The molecular formula is C59H98O6.